The van der Waals surface area contributed by atoms with Crippen molar-refractivity contribution in [2.24, 2.45) is 5.73 Å². The number of hydrogen-bond acceptors (Lipinski definition) is 4. The standard InChI is InChI=1S/C11H15NO4/c1-6-7(3-4-8(13)9(6)14)5-11(2,12)10(15)16/h3-4,13-14H,5,12H2,1-2H3,(H,15,16)/t11-/m0/s1. The number of hydrogen-bond donors (Lipinski definition) is 4. The van der Waals surface area contributed by atoms with Crippen molar-refractivity contribution in [3.8, 4) is 11.5 Å². The Bertz CT molecular complexity index is 426. The first-order valence-electron chi connectivity index (χ1n) is 4.78. The molecule has 1 aromatic carbocycles. The van der Waals surface area contributed by atoms with Crippen molar-refractivity contribution in [2.75, 3.05) is 0 Å². The molecule has 0 spiro atoms. The first-order valence-corrected chi connectivity index (χ1v) is 4.78. The average Bonchev–Trinajstić information content (AvgIpc) is 2.19. The molecule has 0 radical (unpaired) electrons. The molecule has 1 aromatic rings. The SMILES string of the molecule is Cc1c(C[C@](C)(N)C(=O)O)ccc(O)c1O. The molecule has 5 N–H and O–H groups in total. The van der Waals surface area contributed by atoms with Crippen LogP contribution in [0, 0.1) is 6.92 Å². The quantitative estimate of drug-likeness (QED) is 0.568. The summed E-state index contributed by atoms with van der Waals surface area (Å²) in [7, 11) is 0. The predicted molar refractivity (Wildman–Crippen MR) is 58.4 cm³/mol. The van der Waals surface area contributed by atoms with Crippen LogP contribution in [0.4, 0.5) is 0 Å². The molecule has 1 rings (SSSR count). The highest BCUT2D eigenvalue weighted by Gasteiger charge is 2.29. The Balaban J connectivity index is 3.08. The van der Waals surface area contributed by atoms with Crippen molar-refractivity contribution in [2.45, 2.75) is 25.8 Å². The van der Waals surface area contributed by atoms with Crippen LogP contribution >= 0.6 is 0 Å². The van der Waals surface area contributed by atoms with Gasteiger partial charge in [-0.3, -0.25) is 4.79 Å². The lowest BCUT2D eigenvalue weighted by molar-refractivity contribution is -0.142. The molecule has 5 nitrogen and oxygen atoms in total. The Morgan fingerprint density at radius 3 is 2.50 bits per heavy atom. The Morgan fingerprint density at radius 1 is 1.44 bits per heavy atom. The number of carboxylic acid groups (broad SMARTS) is 1. The van der Waals surface area contributed by atoms with Crippen molar-refractivity contribution in [1.29, 1.82) is 0 Å². The monoisotopic (exact) mass is 225 g/mol. The Kier molecular flexibility index (Phi) is 3.09. The van der Waals surface area contributed by atoms with E-state index in [9.17, 15) is 15.0 Å². The van der Waals surface area contributed by atoms with Crippen molar-refractivity contribution in [1.82, 2.24) is 0 Å². The second-order valence-corrected chi connectivity index (χ2v) is 4.12. The molecule has 0 saturated heterocycles. The predicted octanol–water partition coefficient (Wildman–Crippen LogP) is 0.751. The third-order valence-electron chi connectivity index (χ3n) is 2.57. The molecule has 0 amide bonds. The van der Waals surface area contributed by atoms with Crippen LogP contribution in [-0.2, 0) is 11.2 Å². The fraction of sp³-hybridized carbons (Fsp3) is 0.364. The molecule has 0 aliphatic rings. The zero-order valence-electron chi connectivity index (χ0n) is 9.19. The molecule has 0 aliphatic carbocycles. The molecule has 1 atom stereocenters. The molecule has 0 aliphatic heterocycles. The van der Waals surface area contributed by atoms with Crippen molar-refractivity contribution in [3.05, 3.63) is 23.3 Å². The maximum atomic E-state index is 10.9. The van der Waals surface area contributed by atoms with Gasteiger partial charge in [0.25, 0.3) is 0 Å². The summed E-state index contributed by atoms with van der Waals surface area (Å²) in [6, 6.07) is 2.87. The molecule has 0 saturated carbocycles. The fourth-order valence-corrected chi connectivity index (χ4v) is 1.39. The van der Waals surface area contributed by atoms with Crippen molar-refractivity contribution in [3.63, 3.8) is 0 Å². The molecule has 0 fully saturated rings. The Labute approximate surface area is 93.1 Å². The molecule has 0 aromatic heterocycles. The van der Waals surface area contributed by atoms with E-state index in [1.54, 1.807) is 13.0 Å². The molecule has 16 heavy (non-hydrogen) atoms. The summed E-state index contributed by atoms with van der Waals surface area (Å²) in [6.07, 6.45) is 0.0853. The largest absolute Gasteiger partial charge is 0.504 e. The van der Waals surface area contributed by atoms with E-state index in [1.807, 2.05) is 0 Å². The van der Waals surface area contributed by atoms with Crippen LogP contribution in [0.1, 0.15) is 18.1 Å². The van der Waals surface area contributed by atoms with Gasteiger partial charge in [-0.1, -0.05) is 6.07 Å². The van der Waals surface area contributed by atoms with E-state index in [1.165, 1.54) is 13.0 Å². The summed E-state index contributed by atoms with van der Waals surface area (Å²) < 4.78 is 0. The number of nitrogens with two attached hydrogens (primary N) is 1. The van der Waals surface area contributed by atoms with Crippen LogP contribution < -0.4 is 5.73 Å². The van der Waals surface area contributed by atoms with E-state index in [-0.39, 0.29) is 17.9 Å². The molecule has 0 unspecified atom stereocenters. The second-order valence-electron chi connectivity index (χ2n) is 4.12. The van der Waals surface area contributed by atoms with Gasteiger partial charge in [0, 0.05) is 6.42 Å². The van der Waals surface area contributed by atoms with Crippen molar-refractivity contribution >= 4 is 5.97 Å². The van der Waals surface area contributed by atoms with Gasteiger partial charge in [-0.2, -0.15) is 0 Å². The minimum absolute atomic E-state index is 0.0853. The Morgan fingerprint density at radius 2 is 2.00 bits per heavy atom. The second kappa shape index (κ2) is 4.02. The number of carboxylic acids is 1. The number of phenolic OH excluding ortho intramolecular Hbond substituents is 2. The number of phenols is 2. The first kappa shape index (κ1) is 12.3. The topological polar surface area (TPSA) is 104 Å². The molecule has 0 heterocycles. The number of benzene rings is 1. The van der Waals surface area contributed by atoms with Crippen LogP contribution in [0.2, 0.25) is 0 Å². The van der Waals surface area contributed by atoms with Gasteiger partial charge in [0.15, 0.2) is 11.5 Å². The average molecular weight is 225 g/mol. The highest BCUT2D eigenvalue weighted by Crippen LogP contribution is 2.31. The van der Waals surface area contributed by atoms with Crippen molar-refractivity contribution < 1.29 is 20.1 Å². The van der Waals surface area contributed by atoms with Gasteiger partial charge in [-0.25, -0.2) is 0 Å². The molecule has 88 valence electrons. The van der Waals surface area contributed by atoms with Crippen LogP contribution in [-0.4, -0.2) is 26.8 Å². The van der Waals surface area contributed by atoms with E-state index < -0.39 is 11.5 Å². The maximum Gasteiger partial charge on any atom is 0.323 e. The lowest BCUT2D eigenvalue weighted by Gasteiger charge is -2.20. The summed E-state index contributed by atoms with van der Waals surface area (Å²) in [5, 5.41) is 27.6. The maximum absolute atomic E-state index is 10.9. The summed E-state index contributed by atoms with van der Waals surface area (Å²) >= 11 is 0. The Hall–Kier alpha value is -1.75. The van der Waals surface area contributed by atoms with Gasteiger partial charge < -0.3 is 21.1 Å². The van der Waals surface area contributed by atoms with E-state index in [0.29, 0.717) is 11.1 Å². The molecular formula is C11H15NO4. The molecule has 0 bridgehead atoms. The van der Waals surface area contributed by atoms with Gasteiger partial charge in [0.1, 0.15) is 5.54 Å². The van der Waals surface area contributed by atoms with Gasteiger partial charge >= 0.3 is 5.97 Å². The minimum Gasteiger partial charge on any atom is -0.504 e. The number of aromatic hydroxyl groups is 2. The number of carbonyl (C=O) groups is 1. The first-order chi connectivity index (χ1) is 7.25. The normalized spacial score (nSPS) is 14.4. The van der Waals surface area contributed by atoms with E-state index in [4.69, 9.17) is 10.8 Å². The van der Waals surface area contributed by atoms with E-state index in [0.717, 1.165) is 0 Å². The zero-order chi connectivity index (χ0) is 12.5. The molecular weight excluding hydrogens is 210 g/mol. The lowest BCUT2D eigenvalue weighted by Crippen LogP contribution is -2.46. The minimum atomic E-state index is -1.39. The van der Waals surface area contributed by atoms with Crippen LogP contribution in [0.15, 0.2) is 12.1 Å². The van der Waals surface area contributed by atoms with E-state index in [2.05, 4.69) is 0 Å². The smallest absolute Gasteiger partial charge is 0.323 e. The van der Waals surface area contributed by atoms with Gasteiger partial charge in [-0.05, 0) is 31.0 Å². The van der Waals surface area contributed by atoms with Crippen LogP contribution in [0.25, 0.3) is 0 Å². The molecule has 5 heteroatoms. The van der Waals surface area contributed by atoms with Crippen LogP contribution in [0.3, 0.4) is 0 Å². The van der Waals surface area contributed by atoms with Crippen LogP contribution in [0.5, 0.6) is 11.5 Å². The summed E-state index contributed by atoms with van der Waals surface area (Å²) in [5.41, 5.74) is 5.25. The summed E-state index contributed by atoms with van der Waals surface area (Å²) in [4.78, 5) is 10.9. The number of aliphatic carboxylic acids is 1. The summed E-state index contributed by atoms with van der Waals surface area (Å²) in [5.74, 6) is -1.58. The third kappa shape index (κ3) is 2.25. The van der Waals surface area contributed by atoms with Gasteiger partial charge in [0.05, 0.1) is 0 Å². The fourth-order valence-electron chi connectivity index (χ4n) is 1.39. The lowest BCUT2D eigenvalue weighted by atomic mass is 9.91. The van der Waals surface area contributed by atoms with Gasteiger partial charge in [0.2, 0.25) is 0 Å². The summed E-state index contributed by atoms with van der Waals surface area (Å²) in [6.45, 7) is 3.00. The third-order valence-corrected chi connectivity index (χ3v) is 2.57. The van der Waals surface area contributed by atoms with E-state index >= 15 is 0 Å². The van der Waals surface area contributed by atoms with Gasteiger partial charge in [-0.15, -0.1) is 0 Å². The zero-order valence-corrected chi connectivity index (χ0v) is 9.19. The number of rotatable bonds is 3. The highest BCUT2D eigenvalue weighted by molar-refractivity contribution is 5.78. The highest BCUT2D eigenvalue weighted by atomic mass is 16.4.